The fourth-order valence-corrected chi connectivity index (χ4v) is 3.06. The smallest absolute Gasteiger partial charge is 0.269 e. The number of anilines is 1. The third kappa shape index (κ3) is 3.95. The maximum Gasteiger partial charge on any atom is 0.269 e. The van der Waals surface area contributed by atoms with Gasteiger partial charge in [0.15, 0.2) is 0 Å². The maximum atomic E-state index is 10.7. The van der Waals surface area contributed by atoms with Gasteiger partial charge in [0.25, 0.3) is 5.69 Å². The Hall–Kier alpha value is -2.14. The molecule has 2 aromatic rings. The van der Waals surface area contributed by atoms with Crippen molar-refractivity contribution in [1.82, 2.24) is 0 Å². The summed E-state index contributed by atoms with van der Waals surface area (Å²) in [5.41, 5.74) is 3.54. The topological polar surface area (TPSA) is 55.2 Å². The van der Waals surface area contributed by atoms with Gasteiger partial charge in [0.05, 0.1) is 11.0 Å². The lowest BCUT2D eigenvalue weighted by atomic mass is 9.97. The molecule has 0 radical (unpaired) electrons. The van der Waals surface area contributed by atoms with Crippen LogP contribution in [0.1, 0.15) is 32.3 Å². The van der Waals surface area contributed by atoms with Crippen LogP contribution in [0.15, 0.2) is 47.2 Å². The van der Waals surface area contributed by atoms with E-state index in [4.69, 9.17) is 0 Å². The highest BCUT2D eigenvalue weighted by atomic mass is 32.1. The number of allylic oxidation sites excluding steroid dienone is 1. The van der Waals surface area contributed by atoms with E-state index < -0.39 is 0 Å². The van der Waals surface area contributed by atoms with Crippen LogP contribution < -0.4 is 5.32 Å². The van der Waals surface area contributed by atoms with Crippen LogP contribution in [0.5, 0.6) is 0 Å². The molecule has 0 fully saturated rings. The molecule has 0 amide bonds. The van der Waals surface area contributed by atoms with Crippen LogP contribution in [-0.4, -0.2) is 11.0 Å². The van der Waals surface area contributed by atoms with E-state index in [0.29, 0.717) is 0 Å². The predicted molar refractivity (Wildman–Crippen MR) is 93.4 cm³/mol. The van der Waals surface area contributed by atoms with Crippen molar-refractivity contribution < 1.29 is 4.92 Å². The zero-order chi connectivity index (χ0) is 15.9. The minimum absolute atomic E-state index is 0.112. The van der Waals surface area contributed by atoms with Gasteiger partial charge < -0.3 is 5.32 Å². The maximum absolute atomic E-state index is 10.7. The Morgan fingerprint density at radius 1 is 1.32 bits per heavy atom. The Bertz CT molecular complexity index is 633. The summed E-state index contributed by atoms with van der Waals surface area (Å²) in [6, 6.07) is 8.91. The standard InChI is InChI=1S/C17H20N2O2S/c1-3-5-16(13-10-11-22-12-13)17(4-2)18-14-6-8-15(9-7-14)19(20)21/h5-12,17-18H,3-4H2,1-2H3/b16-5+. The Morgan fingerprint density at radius 2 is 2.05 bits per heavy atom. The van der Waals surface area contributed by atoms with Gasteiger partial charge in [-0.15, -0.1) is 0 Å². The van der Waals surface area contributed by atoms with Crippen LogP contribution in [-0.2, 0) is 0 Å². The van der Waals surface area contributed by atoms with Crippen LogP contribution in [0, 0.1) is 10.1 Å². The van der Waals surface area contributed by atoms with Crippen LogP contribution in [0.2, 0.25) is 0 Å². The highest BCUT2D eigenvalue weighted by molar-refractivity contribution is 7.08. The SMILES string of the molecule is CC/C=C(\c1ccsc1)C(CC)Nc1ccc([N+](=O)[O-])cc1. The van der Waals surface area contributed by atoms with Crippen molar-refractivity contribution in [3.8, 4) is 0 Å². The van der Waals surface area contributed by atoms with E-state index in [0.717, 1.165) is 18.5 Å². The first kappa shape index (κ1) is 16.2. The summed E-state index contributed by atoms with van der Waals surface area (Å²) in [5.74, 6) is 0. The Morgan fingerprint density at radius 3 is 2.55 bits per heavy atom. The van der Waals surface area contributed by atoms with Gasteiger partial charge in [-0.25, -0.2) is 0 Å². The number of thiophene rings is 1. The number of benzene rings is 1. The van der Waals surface area contributed by atoms with Gasteiger partial charge in [-0.3, -0.25) is 10.1 Å². The minimum atomic E-state index is -0.380. The van der Waals surface area contributed by atoms with Crippen molar-refractivity contribution in [3.05, 3.63) is 62.8 Å². The van der Waals surface area contributed by atoms with Crippen molar-refractivity contribution in [2.24, 2.45) is 0 Å². The number of non-ortho nitro benzene ring substituents is 1. The summed E-state index contributed by atoms with van der Waals surface area (Å²) < 4.78 is 0. The largest absolute Gasteiger partial charge is 0.378 e. The fourth-order valence-electron chi connectivity index (χ4n) is 2.39. The lowest BCUT2D eigenvalue weighted by Crippen LogP contribution is -2.20. The second-order valence-corrected chi connectivity index (χ2v) is 5.77. The number of hydrogen-bond acceptors (Lipinski definition) is 4. The quantitative estimate of drug-likeness (QED) is 0.554. The molecular weight excluding hydrogens is 296 g/mol. The van der Waals surface area contributed by atoms with Gasteiger partial charge in [-0.1, -0.05) is 19.9 Å². The van der Waals surface area contributed by atoms with Gasteiger partial charge in [0, 0.05) is 17.8 Å². The number of nitrogens with zero attached hydrogens (tertiary/aromatic N) is 1. The first-order valence-electron chi connectivity index (χ1n) is 7.39. The van der Waals surface area contributed by atoms with E-state index in [1.807, 2.05) is 0 Å². The number of nitro groups is 1. The molecule has 1 aromatic carbocycles. The molecule has 2 rings (SSSR count). The molecule has 0 aliphatic rings. The van der Waals surface area contributed by atoms with Crippen molar-refractivity contribution >= 4 is 28.3 Å². The van der Waals surface area contributed by atoms with Crippen molar-refractivity contribution in [2.75, 3.05) is 5.32 Å². The van der Waals surface area contributed by atoms with Gasteiger partial charge >= 0.3 is 0 Å². The molecule has 0 spiro atoms. The van der Waals surface area contributed by atoms with Crippen molar-refractivity contribution in [1.29, 1.82) is 0 Å². The van der Waals surface area contributed by atoms with Gasteiger partial charge in [-0.2, -0.15) is 11.3 Å². The summed E-state index contributed by atoms with van der Waals surface area (Å²) in [4.78, 5) is 10.3. The zero-order valence-corrected chi connectivity index (χ0v) is 13.6. The zero-order valence-electron chi connectivity index (χ0n) is 12.8. The van der Waals surface area contributed by atoms with Crippen LogP contribution >= 0.6 is 11.3 Å². The molecule has 1 N–H and O–H groups in total. The second kappa shape index (κ2) is 7.75. The monoisotopic (exact) mass is 316 g/mol. The molecule has 1 atom stereocenters. The Kier molecular flexibility index (Phi) is 5.72. The molecule has 4 nitrogen and oxygen atoms in total. The van der Waals surface area contributed by atoms with E-state index in [9.17, 15) is 10.1 Å². The van der Waals surface area contributed by atoms with E-state index in [-0.39, 0.29) is 16.7 Å². The molecular formula is C17H20N2O2S. The first-order valence-corrected chi connectivity index (χ1v) is 8.33. The van der Waals surface area contributed by atoms with Gasteiger partial charge in [0.2, 0.25) is 0 Å². The molecule has 22 heavy (non-hydrogen) atoms. The molecule has 1 aromatic heterocycles. The molecule has 1 heterocycles. The lowest BCUT2D eigenvalue weighted by Gasteiger charge is -2.21. The average molecular weight is 316 g/mol. The molecule has 0 saturated carbocycles. The minimum Gasteiger partial charge on any atom is -0.378 e. The lowest BCUT2D eigenvalue weighted by molar-refractivity contribution is -0.384. The molecule has 0 aliphatic heterocycles. The van der Waals surface area contributed by atoms with Crippen LogP contribution in [0.25, 0.3) is 5.57 Å². The highest BCUT2D eigenvalue weighted by Crippen LogP contribution is 2.27. The number of nitro benzene ring substituents is 1. The summed E-state index contributed by atoms with van der Waals surface area (Å²) in [6.45, 7) is 4.27. The summed E-state index contributed by atoms with van der Waals surface area (Å²) in [5, 5.41) is 18.4. The third-order valence-corrected chi connectivity index (χ3v) is 4.16. The van der Waals surface area contributed by atoms with Crippen LogP contribution in [0.3, 0.4) is 0 Å². The molecule has 0 bridgehead atoms. The van der Waals surface area contributed by atoms with Crippen LogP contribution in [0.4, 0.5) is 11.4 Å². The molecule has 116 valence electrons. The third-order valence-electron chi connectivity index (χ3n) is 3.48. The Balaban J connectivity index is 2.20. The number of hydrogen-bond donors (Lipinski definition) is 1. The number of rotatable bonds is 7. The van der Waals surface area contributed by atoms with E-state index >= 15 is 0 Å². The summed E-state index contributed by atoms with van der Waals surface area (Å²) in [7, 11) is 0. The summed E-state index contributed by atoms with van der Waals surface area (Å²) in [6.07, 6.45) is 4.16. The summed E-state index contributed by atoms with van der Waals surface area (Å²) >= 11 is 1.69. The highest BCUT2D eigenvalue weighted by Gasteiger charge is 2.15. The second-order valence-electron chi connectivity index (χ2n) is 4.99. The first-order chi connectivity index (χ1) is 10.7. The van der Waals surface area contributed by atoms with Gasteiger partial charge in [-0.05, 0) is 52.9 Å². The van der Waals surface area contributed by atoms with Gasteiger partial charge in [0.1, 0.15) is 0 Å². The number of nitrogens with one attached hydrogen (secondary N) is 1. The van der Waals surface area contributed by atoms with E-state index in [1.165, 1.54) is 23.3 Å². The molecule has 0 aliphatic carbocycles. The molecule has 0 saturated heterocycles. The normalized spacial score (nSPS) is 12.9. The van der Waals surface area contributed by atoms with Crippen molar-refractivity contribution in [3.63, 3.8) is 0 Å². The molecule has 1 unspecified atom stereocenters. The molecule has 5 heteroatoms. The Labute approximate surface area is 134 Å². The van der Waals surface area contributed by atoms with E-state index in [1.54, 1.807) is 23.5 Å². The van der Waals surface area contributed by atoms with Crippen molar-refractivity contribution in [2.45, 2.75) is 32.7 Å². The fraction of sp³-hybridized carbons (Fsp3) is 0.294. The van der Waals surface area contributed by atoms with E-state index in [2.05, 4.69) is 42.1 Å². The predicted octanol–water partition coefficient (Wildman–Crippen LogP) is 5.34. The average Bonchev–Trinajstić information content (AvgIpc) is 3.05.